The van der Waals surface area contributed by atoms with Gasteiger partial charge in [-0.05, 0) is 30.3 Å². The Kier molecular flexibility index (Phi) is 3.84. The summed E-state index contributed by atoms with van der Waals surface area (Å²) >= 11 is 0. The fraction of sp³-hybridized carbons (Fsp3) is 0.143. The van der Waals surface area contributed by atoms with Crippen LogP contribution in [0.2, 0.25) is 0 Å². The molecule has 0 saturated heterocycles. The molecule has 0 atom stereocenters. The molecule has 2 rings (SSSR count). The molecule has 1 heterocycles. The lowest BCUT2D eigenvalue weighted by atomic mass is 10.2. The zero-order chi connectivity index (χ0) is 15.6. The lowest BCUT2D eigenvalue weighted by molar-refractivity contribution is -0.137. The number of benzene rings is 1. The van der Waals surface area contributed by atoms with Gasteiger partial charge in [-0.25, -0.2) is 0 Å². The van der Waals surface area contributed by atoms with Crippen LogP contribution in [0.25, 0.3) is 0 Å². The average molecular weight is 296 g/mol. The zero-order valence-corrected chi connectivity index (χ0v) is 10.9. The van der Waals surface area contributed by atoms with Gasteiger partial charge in [0, 0.05) is 25.0 Å². The fourth-order valence-corrected chi connectivity index (χ4v) is 1.67. The third-order valence-corrected chi connectivity index (χ3v) is 2.82. The Balaban J connectivity index is 2.16. The van der Waals surface area contributed by atoms with Crippen molar-refractivity contribution in [2.45, 2.75) is 6.18 Å². The first-order valence-electron chi connectivity index (χ1n) is 5.92. The van der Waals surface area contributed by atoms with Crippen LogP contribution in [0.4, 0.5) is 18.9 Å². The molecule has 1 amide bonds. The Bertz CT molecular complexity index is 718. The zero-order valence-electron chi connectivity index (χ0n) is 10.9. The number of alkyl halides is 3. The largest absolute Gasteiger partial charge is 0.416 e. The van der Waals surface area contributed by atoms with Crippen LogP contribution in [0.15, 0.2) is 47.4 Å². The predicted molar refractivity (Wildman–Crippen MR) is 71.1 cm³/mol. The lowest BCUT2D eigenvalue weighted by Gasteiger charge is -2.09. The van der Waals surface area contributed by atoms with E-state index in [0.717, 1.165) is 12.1 Å². The number of nitrogens with zero attached hydrogens (tertiary/aromatic N) is 1. The number of rotatable bonds is 2. The number of amides is 1. The second-order valence-electron chi connectivity index (χ2n) is 4.40. The molecule has 1 aromatic heterocycles. The molecule has 0 radical (unpaired) electrons. The summed E-state index contributed by atoms with van der Waals surface area (Å²) < 4.78 is 38.5. The van der Waals surface area contributed by atoms with Gasteiger partial charge in [-0.3, -0.25) is 9.59 Å². The molecule has 0 aliphatic rings. The summed E-state index contributed by atoms with van der Waals surface area (Å²) in [6, 6.07) is 6.70. The first kappa shape index (κ1) is 14.8. The van der Waals surface area contributed by atoms with Crippen molar-refractivity contribution < 1.29 is 18.0 Å². The Morgan fingerprint density at radius 2 is 1.71 bits per heavy atom. The van der Waals surface area contributed by atoms with Gasteiger partial charge < -0.3 is 9.88 Å². The minimum absolute atomic E-state index is 0.233. The number of pyridine rings is 1. The third kappa shape index (κ3) is 3.50. The van der Waals surface area contributed by atoms with Gasteiger partial charge in [-0.15, -0.1) is 0 Å². The number of hydrogen-bond donors (Lipinski definition) is 1. The minimum atomic E-state index is -4.42. The number of aromatic nitrogens is 1. The van der Waals surface area contributed by atoms with Gasteiger partial charge in [-0.2, -0.15) is 13.2 Å². The first-order chi connectivity index (χ1) is 9.77. The maximum atomic E-state index is 12.4. The van der Waals surface area contributed by atoms with Crippen LogP contribution in [0.5, 0.6) is 0 Å². The van der Waals surface area contributed by atoms with Gasteiger partial charge in [0.15, 0.2) is 0 Å². The van der Waals surface area contributed by atoms with Gasteiger partial charge >= 0.3 is 6.18 Å². The maximum absolute atomic E-state index is 12.4. The number of halogens is 3. The van der Waals surface area contributed by atoms with Gasteiger partial charge in [0.2, 0.25) is 5.56 Å². The summed E-state index contributed by atoms with van der Waals surface area (Å²) in [6.07, 6.45) is -3.07. The van der Waals surface area contributed by atoms with Gasteiger partial charge in [0.1, 0.15) is 0 Å². The summed E-state index contributed by atoms with van der Waals surface area (Å²) in [5.41, 5.74) is -0.581. The highest BCUT2D eigenvalue weighted by Crippen LogP contribution is 2.29. The van der Waals surface area contributed by atoms with Gasteiger partial charge in [-0.1, -0.05) is 0 Å². The fourth-order valence-electron chi connectivity index (χ4n) is 1.67. The lowest BCUT2D eigenvalue weighted by Crippen LogP contribution is -2.19. The van der Waals surface area contributed by atoms with Crippen molar-refractivity contribution in [1.29, 1.82) is 0 Å². The number of carbonyl (C=O) groups is 1. The second-order valence-corrected chi connectivity index (χ2v) is 4.40. The molecular weight excluding hydrogens is 285 g/mol. The molecule has 7 heteroatoms. The van der Waals surface area contributed by atoms with Gasteiger partial charge in [0.25, 0.3) is 5.91 Å². The van der Waals surface area contributed by atoms with Crippen LogP contribution < -0.4 is 10.9 Å². The van der Waals surface area contributed by atoms with E-state index in [2.05, 4.69) is 5.32 Å². The maximum Gasteiger partial charge on any atom is 0.416 e. The Hall–Kier alpha value is -2.57. The summed E-state index contributed by atoms with van der Waals surface area (Å²) in [7, 11) is 1.50. The quantitative estimate of drug-likeness (QED) is 0.926. The second kappa shape index (κ2) is 5.43. The smallest absolute Gasteiger partial charge is 0.322 e. The topological polar surface area (TPSA) is 51.1 Å². The molecule has 1 N–H and O–H groups in total. The van der Waals surface area contributed by atoms with Crippen molar-refractivity contribution in [2.75, 3.05) is 5.32 Å². The molecule has 110 valence electrons. The highest BCUT2D eigenvalue weighted by Gasteiger charge is 2.29. The van der Waals surface area contributed by atoms with Crippen molar-refractivity contribution >= 4 is 11.6 Å². The van der Waals surface area contributed by atoms with Crippen LogP contribution in [-0.2, 0) is 13.2 Å². The molecule has 2 aromatic rings. The van der Waals surface area contributed by atoms with Crippen LogP contribution in [-0.4, -0.2) is 10.5 Å². The summed E-state index contributed by atoms with van der Waals surface area (Å²) in [4.78, 5) is 23.1. The number of anilines is 1. The molecule has 0 spiro atoms. The van der Waals surface area contributed by atoms with Crippen molar-refractivity contribution in [3.05, 3.63) is 64.1 Å². The predicted octanol–water partition coefficient (Wildman–Crippen LogP) is 2.66. The Morgan fingerprint density at radius 3 is 2.24 bits per heavy atom. The number of carbonyl (C=O) groups excluding carboxylic acids is 1. The van der Waals surface area contributed by atoms with E-state index in [1.54, 1.807) is 0 Å². The highest BCUT2D eigenvalue weighted by atomic mass is 19.4. The van der Waals surface area contributed by atoms with E-state index in [1.807, 2.05) is 0 Å². The normalized spacial score (nSPS) is 11.2. The van der Waals surface area contributed by atoms with E-state index < -0.39 is 17.6 Å². The van der Waals surface area contributed by atoms with E-state index in [1.165, 1.54) is 42.1 Å². The molecule has 0 aliphatic heterocycles. The molecule has 0 unspecified atom stereocenters. The standard InChI is InChI=1S/C14H11F3N2O2/c1-19-8-9(2-7-12(19)20)13(21)18-11-5-3-10(4-6-11)14(15,16)17/h2-8H,1H3,(H,18,21). The number of hydrogen-bond acceptors (Lipinski definition) is 2. The SMILES string of the molecule is Cn1cc(C(=O)Nc2ccc(C(F)(F)F)cc2)ccc1=O. The van der Waals surface area contributed by atoms with Crippen molar-refractivity contribution in [3.63, 3.8) is 0 Å². The van der Waals surface area contributed by atoms with Crippen molar-refractivity contribution in [3.8, 4) is 0 Å². The monoisotopic (exact) mass is 296 g/mol. The van der Waals surface area contributed by atoms with Crippen molar-refractivity contribution in [2.24, 2.45) is 7.05 Å². The van der Waals surface area contributed by atoms with Crippen LogP contribution >= 0.6 is 0 Å². The van der Waals surface area contributed by atoms with E-state index in [4.69, 9.17) is 0 Å². The van der Waals surface area contributed by atoms with Crippen LogP contribution in [0, 0.1) is 0 Å². The molecule has 0 saturated carbocycles. The molecule has 0 aliphatic carbocycles. The molecule has 4 nitrogen and oxygen atoms in total. The summed E-state index contributed by atoms with van der Waals surface area (Å²) in [5.74, 6) is -0.509. The van der Waals surface area contributed by atoms with E-state index in [0.29, 0.717) is 0 Å². The average Bonchev–Trinajstić information content (AvgIpc) is 2.41. The summed E-state index contributed by atoms with van der Waals surface area (Å²) in [6.45, 7) is 0. The van der Waals surface area contributed by atoms with Crippen LogP contribution in [0.1, 0.15) is 15.9 Å². The highest BCUT2D eigenvalue weighted by molar-refractivity contribution is 6.04. The van der Waals surface area contributed by atoms with E-state index >= 15 is 0 Å². The molecule has 0 fully saturated rings. The molecule has 21 heavy (non-hydrogen) atoms. The van der Waals surface area contributed by atoms with Crippen LogP contribution in [0.3, 0.4) is 0 Å². The van der Waals surface area contributed by atoms with Gasteiger partial charge in [0.05, 0.1) is 11.1 Å². The Labute approximate surface area is 117 Å². The van der Waals surface area contributed by atoms with E-state index in [9.17, 15) is 22.8 Å². The van der Waals surface area contributed by atoms with Crippen molar-refractivity contribution in [1.82, 2.24) is 4.57 Å². The molecular formula is C14H11F3N2O2. The Morgan fingerprint density at radius 1 is 1.10 bits per heavy atom. The molecule has 1 aromatic carbocycles. The minimum Gasteiger partial charge on any atom is -0.322 e. The number of nitrogens with one attached hydrogen (secondary N) is 1. The summed E-state index contributed by atoms with van der Waals surface area (Å²) in [5, 5.41) is 2.46. The molecule has 0 bridgehead atoms. The number of aryl methyl sites for hydroxylation is 1. The van der Waals surface area contributed by atoms with E-state index in [-0.39, 0.29) is 16.8 Å². The third-order valence-electron chi connectivity index (χ3n) is 2.82. The first-order valence-corrected chi connectivity index (χ1v) is 5.92.